The molecule has 0 fully saturated rings. The molecular weight excluding hydrogens is 218 g/mol. The number of rotatable bonds is 5. The minimum Gasteiger partial charge on any atom is -0.496 e. The summed E-state index contributed by atoms with van der Waals surface area (Å²) in [5.41, 5.74) is 1.67. The first-order chi connectivity index (χ1) is 8.33. The van der Waals surface area contributed by atoms with E-state index >= 15 is 0 Å². The van der Waals surface area contributed by atoms with Crippen molar-refractivity contribution in [2.24, 2.45) is 0 Å². The van der Waals surface area contributed by atoms with E-state index in [2.05, 4.69) is 4.98 Å². The fourth-order valence-electron chi connectivity index (χ4n) is 1.62. The Morgan fingerprint density at radius 3 is 3.00 bits per heavy atom. The van der Waals surface area contributed by atoms with Gasteiger partial charge in [-0.25, -0.2) is 4.98 Å². The van der Waals surface area contributed by atoms with Gasteiger partial charge in [0.2, 0.25) is 0 Å². The maximum Gasteiger partial charge on any atom is 0.198 e. The summed E-state index contributed by atoms with van der Waals surface area (Å²) < 4.78 is 10.5. The molecule has 0 aliphatic carbocycles. The molecule has 2 aromatic rings. The molecule has 0 spiro atoms. The van der Waals surface area contributed by atoms with Gasteiger partial charge >= 0.3 is 0 Å². The van der Waals surface area contributed by atoms with E-state index in [-0.39, 0.29) is 6.42 Å². The van der Waals surface area contributed by atoms with Gasteiger partial charge in [0.15, 0.2) is 5.89 Å². The molecule has 0 aliphatic rings. The Morgan fingerprint density at radius 2 is 2.24 bits per heavy atom. The van der Waals surface area contributed by atoms with Crippen LogP contribution in [0.5, 0.6) is 5.75 Å². The van der Waals surface area contributed by atoms with Crippen LogP contribution in [0.25, 0.3) is 0 Å². The smallest absolute Gasteiger partial charge is 0.198 e. The van der Waals surface area contributed by atoms with Gasteiger partial charge in [0.25, 0.3) is 0 Å². The number of oxazole rings is 1. The molecule has 2 rings (SSSR count). The number of aldehydes is 1. The zero-order chi connectivity index (χ0) is 12.1. The molecule has 1 aromatic carbocycles. The van der Waals surface area contributed by atoms with E-state index in [0.717, 1.165) is 17.6 Å². The molecule has 0 saturated carbocycles. The van der Waals surface area contributed by atoms with E-state index in [1.54, 1.807) is 7.11 Å². The topological polar surface area (TPSA) is 52.3 Å². The van der Waals surface area contributed by atoms with Crippen LogP contribution in [0.3, 0.4) is 0 Å². The summed E-state index contributed by atoms with van der Waals surface area (Å²) in [5, 5.41) is 0. The van der Waals surface area contributed by atoms with Crippen LogP contribution in [-0.4, -0.2) is 18.4 Å². The number of carbonyl (C=O) groups excluding carboxylic acids is 1. The number of hydrogen-bond donors (Lipinski definition) is 0. The Hall–Kier alpha value is -2.10. The average Bonchev–Trinajstić information content (AvgIpc) is 2.78. The number of hydrogen-bond acceptors (Lipinski definition) is 4. The Labute approximate surface area is 99.2 Å². The van der Waals surface area contributed by atoms with Crippen LogP contribution in [0, 0.1) is 0 Å². The number of nitrogens with zero attached hydrogens (tertiary/aromatic N) is 1. The molecule has 1 aromatic heterocycles. The highest BCUT2D eigenvalue weighted by Gasteiger charge is 2.08. The van der Waals surface area contributed by atoms with Gasteiger partial charge in [-0.05, 0) is 6.07 Å². The van der Waals surface area contributed by atoms with Gasteiger partial charge in [-0.1, -0.05) is 18.2 Å². The molecular formula is C13H13NO3. The highest BCUT2D eigenvalue weighted by atomic mass is 16.5. The summed E-state index contributed by atoms with van der Waals surface area (Å²) in [7, 11) is 1.63. The third-order valence-electron chi connectivity index (χ3n) is 2.43. The zero-order valence-electron chi connectivity index (χ0n) is 9.55. The van der Waals surface area contributed by atoms with E-state index in [4.69, 9.17) is 9.15 Å². The summed E-state index contributed by atoms with van der Waals surface area (Å²) in [6.07, 6.45) is 3.17. The zero-order valence-corrected chi connectivity index (χ0v) is 9.55. The molecule has 4 heteroatoms. The molecule has 0 radical (unpaired) electrons. The molecule has 0 unspecified atom stereocenters. The van der Waals surface area contributed by atoms with Gasteiger partial charge in [-0.3, -0.25) is 0 Å². The quantitative estimate of drug-likeness (QED) is 0.739. The number of benzene rings is 1. The molecule has 0 atom stereocenters. The van der Waals surface area contributed by atoms with Gasteiger partial charge < -0.3 is 13.9 Å². The van der Waals surface area contributed by atoms with Crippen LogP contribution < -0.4 is 4.74 Å². The van der Waals surface area contributed by atoms with E-state index in [0.29, 0.717) is 18.0 Å². The monoisotopic (exact) mass is 231 g/mol. The number of para-hydroxylation sites is 1. The van der Waals surface area contributed by atoms with Crippen molar-refractivity contribution < 1.29 is 13.9 Å². The van der Waals surface area contributed by atoms with Crippen LogP contribution in [0.2, 0.25) is 0 Å². The summed E-state index contributed by atoms with van der Waals surface area (Å²) in [5.74, 6) is 1.40. The molecule has 0 saturated heterocycles. The third kappa shape index (κ3) is 2.72. The lowest BCUT2D eigenvalue weighted by Gasteiger charge is -2.05. The molecule has 4 nitrogen and oxygen atoms in total. The number of carbonyl (C=O) groups is 1. The maximum absolute atomic E-state index is 10.3. The lowest BCUT2D eigenvalue weighted by atomic mass is 10.1. The van der Waals surface area contributed by atoms with E-state index in [1.165, 1.54) is 6.26 Å². The first kappa shape index (κ1) is 11.4. The second-order valence-corrected chi connectivity index (χ2v) is 3.59. The van der Waals surface area contributed by atoms with Crippen molar-refractivity contribution in [1.29, 1.82) is 0 Å². The number of ether oxygens (including phenoxy) is 1. The van der Waals surface area contributed by atoms with E-state index in [9.17, 15) is 4.79 Å². The van der Waals surface area contributed by atoms with Gasteiger partial charge in [0.05, 0.1) is 19.2 Å². The van der Waals surface area contributed by atoms with Crippen molar-refractivity contribution in [3.05, 3.63) is 47.7 Å². The molecule has 0 amide bonds. The second-order valence-electron chi connectivity index (χ2n) is 3.59. The van der Waals surface area contributed by atoms with Crippen molar-refractivity contribution in [3.8, 4) is 5.75 Å². The number of aromatic nitrogens is 1. The lowest BCUT2D eigenvalue weighted by Crippen LogP contribution is -1.94. The van der Waals surface area contributed by atoms with Crippen LogP contribution >= 0.6 is 0 Å². The highest BCUT2D eigenvalue weighted by Crippen LogP contribution is 2.20. The largest absolute Gasteiger partial charge is 0.496 e. The number of methoxy groups -OCH3 is 1. The highest BCUT2D eigenvalue weighted by molar-refractivity contribution is 5.53. The Morgan fingerprint density at radius 1 is 1.41 bits per heavy atom. The van der Waals surface area contributed by atoms with Crippen molar-refractivity contribution in [3.63, 3.8) is 0 Å². The predicted octanol–water partition coefficient (Wildman–Crippen LogP) is 2.02. The fraction of sp³-hybridized carbons (Fsp3) is 0.231. The van der Waals surface area contributed by atoms with E-state index < -0.39 is 0 Å². The summed E-state index contributed by atoms with van der Waals surface area (Å²) in [4.78, 5) is 14.6. The minimum absolute atomic E-state index is 0.287. The SMILES string of the molecule is COc1ccccc1Cc1nc(CC=O)co1. The van der Waals surface area contributed by atoms with Crippen molar-refractivity contribution >= 4 is 6.29 Å². The molecule has 0 aliphatic heterocycles. The summed E-state index contributed by atoms with van der Waals surface area (Å²) in [6.45, 7) is 0. The molecule has 17 heavy (non-hydrogen) atoms. The van der Waals surface area contributed by atoms with Gasteiger partial charge in [0.1, 0.15) is 18.3 Å². The fourth-order valence-corrected chi connectivity index (χ4v) is 1.62. The first-order valence-electron chi connectivity index (χ1n) is 5.32. The standard InChI is InChI=1S/C13H13NO3/c1-16-12-5-3-2-4-10(12)8-13-14-11(6-7-15)9-17-13/h2-5,7,9H,6,8H2,1H3. The normalized spacial score (nSPS) is 10.2. The molecule has 0 bridgehead atoms. The molecule has 1 heterocycles. The first-order valence-corrected chi connectivity index (χ1v) is 5.32. The molecule has 0 N–H and O–H groups in total. The van der Waals surface area contributed by atoms with E-state index in [1.807, 2.05) is 24.3 Å². The Bertz CT molecular complexity index is 505. The van der Waals surface area contributed by atoms with Crippen LogP contribution in [-0.2, 0) is 17.6 Å². The predicted molar refractivity (Wildman–Crippen MR) is 62.1 cm³/mol. The van der Waals surface area contributed by atoms with Gasteiger partial charge in [-0.15, -0.1) is 0 Å². The van der Waals surface area contributed by atoms with Crippen molar-refractivity contribution in [2.45, 2.75) is 12.8 Å². The van der Waals surface area contributed by atoms with Crippen molar-refractivity contribution in [2.75, 3.05) is 7.11 Å². The average molecular weight is 231 g/mol. The van der Waals surface area contributed by atoms with Crippen LogP contribution in [0.15, 0.2) is 34.9 Å². The van der Waals surface area contributed by atoms with Crippen LogP contribution in [0.1, 0.15) is 17.1 Å². The Balaban J connectivity index is 2.16. The second kappa shape index (κ2) is 5.30. The lowest BCUT2D eigenvalue weighted by molar-refractivity contribution is -0.107. The summed E-state index contributed by atoms with van der Waals surface area (Å²) >= 11 is 0. The van der Waals surface area contributed by atoms with Gasteiger partial charge in [0, 0.05) is 12.0 Å². The van der Waals surface area contributed by atoms with Crippen LogP contribution in [0.4, 0.5) is 0 Å². The van der Waals surface area contributed by atoms with Gasteiger partial charge in [-0.2, -0.15) is 0 Å². The molecule has 88 valence electrons. The maximum atomic E-state index is 10.3. The Kier molecular flexibility index (Phi) is 3.55. The summed E-state index contributed by atoms with van der Waals surface area (Å²) in [6, 6.07) is 7.70. The van der Waals surface area contributed by atoms with Crippen molar-refractivity contribution in [1.82, 2.24) is 4.98 Å². The third-order valence-corrected chi connectivity index (χ3v) is 2.43. The minimum atomic E-state index is 0.287.